The van der Waals surface area contributed by atoms with Gasteiger partial charge in [0.2, 0.25) is 26.6 Å². The number of oxazole rings is 1. The summed E-state index contributed by atoms with van der Waals surface area (Å²) in [6.45, 7) is 5.90. The highest BCUT2D eigenvalue weighted by Crippen LogP contribution is 2.33. The third-order valence-electron chi connectivity index (χ3n) is 3.76. The Bertz CT molecular complexity index is 1040. The molecule has 3 rings (SSSR count). The van der Waals surface area contributed by atoms with Gasteiger partial charge in [-0.1, -0.05) is 40.2 Å². The standard InChI is InChI=1S/C19H17BrN2O3S/c1-3-12-21-18-19(26(23,24)15-10-8-14(20)9-11-15)22-17(25-18)16-7-5-4-6-13(16)2/h3-11,21H,1,12H2,2H3. The van der Waals surface area contributed by atoms with Crippen LogP contribution >= 0.6 is 15.9 Å². The van der Waals surface area contributed by atoms with Gasteiger partial charge in [-0.25, -0.2) is 8.42 Å². The van der Waals surface area contributed by atoms with Crippen molar-refractivity contribution < 1.29 is 12.8 Å². The second kappa shape index (κ2) is 7.47. The van der Waals surface area contributed by atoms with Gasteiger partial charge in [0.25, 0.3) is 0 Å². The summed E-state index contributed by atoms with van der Waals surface area (Å²) in [6.07, 6.45) is 1.62. The predicted octanol–water partition coefficient (Wildman–Crippen LogP) is 4.84. The summed E-state index contributed by atoms with van der Waals surface area (Å²) in [5, 5.41) is 2.79. The first kappa shape index (κ1) is 18.4. The Morgan fingerprint density at radius 2 is 1.88 bits per heavy atom. The van der Waals surface area contributed by atoms with Crippen molar-refractivity contribution in [1.82, 2.24) is 4.98 Å². The number of nitrogens with one attached hydrogen (secondary N) is 1. The van der Waals surface area contributed by atoms with Gasteiger partial charge in [0.1, 0.15) is 0 Å². The maximum Gasteiger partial charge on any atom is 0.234 e. The highest BCUT2D eigenvalue weighted by molar-refractivity contribution is 9.10. The molecule has 134 valence electrons. The quantitative estimate of drug-likeness (QED) is 0.563. The molecule has 1 aromatic heterocycles. The van der Waals surface area contributed by atoms with Crippen LogP contribution in [0.2, 0.25) is 0 Å². The summed E-state index contributed by atoms with van der Waals surface area (Å²) >= 11 is 3.31. The molecular weight excluding hydrogens is 416 g/mol. The molecule has 26 heavy (non-hydrogen) atoms. The summed E-state index contributed by atoms with van der Waals surface area (Å²) in [5.74, 6) is 0.358. The zero-order valence-electron chi connectivity index (χ0n) is 14.1. The third-order valence-corrected chi connectivity index (χ3v) is 5.96. The largest absolute Gasteiger partial charge is 0.419 e. The highest BCUT2D eigenvalue weighted by atomic mass is 79.9. The molecule has 0 spiro atoms. The van der Waals surface area contributed by atoms with Gasteiger partial charge in [-0.2, -0.15) is 4.98 Å². The van der Waals surface area contributed by atoms with Crippen molar-refractivity contribution in [2.24, 2.45) is 0 Å². The van der Waals surface area contributed by atoms with Crippen LogP contribution in [0, 0.1) is 6.92 Å². The van der Waals surface area contributed by atoms with E-state index in [0.29, 0.717) is 6.54 Å². The molecule has 3 aromatic rings. The van der Waals surface area contributed by atoms with E-state index in [1.807, 2.05) is 31.2 Å². The molecule has 0 saturated heterocycles. The monoisotopic (exact) mass is 432 g/mol. The summed E-state index contributed by atoms with van der Waals surface area (Å²) in [6, 6.07) is 13.9. The second-order valence-electron chi connectivity index (χ2n) is 5.60. The topological polar surface area (TPSA) is 72.2 Å². The summed E-state index contributed by atoms with van der Waals surface area (Å²) < 4.78 is 32.7. The van der Waals surface area contributed by atoms with Crippen LogP contribution in [0.25, 0.3) is 11.5 Å². The van der Waals surface area contributed by atoms with Crippen LogP contribution in [0.3, 0.4) is 0 Å². The van der Waals surface area contributed by atoms with E-state index in [0.717, 1.165) is 15.6 Å². The van der Waals surface area contributed by atoms with Gasteiger partial charge in [-0.3, -0.25) is 0 Å². The molecule has 0 saturated carbocycles. The maximum atomic E-state index is 13.1. The number of aryl methyl sites for hydroxylation is 1. The number of aromatic nitrogens is 1. The minimum Gasteiger partial charge on any atom is -0.419 e. The Morgan fingerprint density at radius 3 is 2.54 bits per heavy atom. The molecule has 0 aliphatic carbocycles. The fourth-order valence-corrected chi connectivity index (χ4v) is 3.96. The van der Waals surface area contributed by atoms with Crippen molar-refractivity contribution in [2.75, 3.05) is 11.9 Å². The molecule has 7 heteroatoms. The second-order valence-corrected chi connectivity index (χ2v) is 8.38. The Balaban J connectivity index is 2.14. The van der Waals surface area contributed by atoms with E-state index in [1.54, 1.807) is 18.2 Å². The maximum absolute atomic E-state index is 13.1. The SMILES string of the molecule is C=CCNc1oc(-c2ccccc2C)nc1S(=O)(=O)c1ccc(Br)cc1. The Labute approximate surface area is 160 Å². The Hall–Kier alpha value is -2.38. The van der Waals surface area contributed by atoms with Crippen LogP contribution in [-0.2, 0) is 9.84 Å². The smallest absolute Gasteiger partial charge is 0.234 e. The van der Waals surface area contributed by atoms with Gasteiger partial charge < -0.3 is 9.73 Å². The molecule has 2 aromatic carbocycles. The molecule has 0 aliphatic rings. The molecule has 0 aliphatic heterocycles. The van der Waals surface area contributed by atoms with Gasteiger partial charge >= 0.3 is 0 Å². The van der Waals surface area contributed by atoms with Crippen LogP contribution in [0.4, 0.5) is 5.88 Å². The number of anilines is 1. The van der Waals surface area contributed by atoms with E-state index in [4.69, 9.17) is 4.42 Å². The number of rotatable bonds is 6. The van der Waals surface area contributed by atoms with Crippen molar-refractivity contribution >= 4 is 31.7 Å². The Morgan fingerprint density at radius 1 is 1.19 bits per heavy atom. The van der Waals surface area contributed by atoms with Crippen molar-refractivity contribution in [1.29, 1.82) is 0 Å². The molecule has 0 amide bonds. The van der Waals surface area contributed by atoms with Gasteiger partial charge in [0.05, 0.1) is 4.90 Å². The third kappa shape index (κ3) is 3.59. The molecule has 0 fully saturated rings. The molecular formula is C19H17BrN2O3S. The molecule has 5 nitrogen and oxygen atoms in total. The van der Waals surface area contributed by atoms with Crippen molar-refractivity contribution in [2.45, 2.75) is 16.8 Å². The first-order chi connectivity index (χ1) is 12.4. The summed E-state index contributed by atoms with van der Waals surface area (Å²) in [7, 11) is -3.84. The molecule has 0 bridgehead atoms. The minimum absolute atomic E-state index is 0.103. The molecule has 0 radical (unpaired) electrons. The average molecular weight is 433 g/mol. The predicted molar refractivity (Wildman–Crippen MR) is 105 cm³/mol. The van der Waals surface area contributed by atoms with Crippen molar-refractivity contribution in [3.63, 3.8) is 0 Å². The number of nitrogens with zero attached hydrogens (tertiary/aromatic N) is 1. The molecule has 1 heterocycles. The van der Waals surface area contributed by atoms with Crippen LogP contribution in [0.5, 0.6) is 0 Å². The van der Waals surface area contributed by atoms with Gasteiger partial charge in [0.15, 0.2) is 0 Å². The lowest BCUT2D eigenvalue weighted by Gasteiger charge is -2.04. The fraction of sp³-hybridized carbons (Fsp3) is 0.105. The number of hydrogen-bond donors (Lipinski definition) is 1. The lowest BCUT2D eigenvalue weighted by molar-refractivity contribution is 0.578. The first-order valence-electron chi connectivity index (χ1n) is 7.85. The summed E-state index contributed by atoms with van der Waals surface area (Å²) in [4.78, 5) is 4.45. The highest BCUT2D eigenvalue weighted by Gasteiger charge is 2.28. The first-order valence-corrected chi connectivity index (χ1v) is 10.1. The number of sulfone groups is 1. The van der Waals surface area contributed by atoms with Gasteiger partial charge in [0, 0.05) is 16.6 Å². The molecule has 0 atom stereocenters. The number of hydrogen-bond acceptors (Lipinski definition) is 5. The molecule has 1 N–H and O–H groups in total. The zero-order valence-corrected chi connectivity index (χ0v) is 16.5. The minimum atomic E-state index is -3.84. The van der Waals surface area contributed by atoms with E-state index >= 15 is 0 Å². The van der Waals surface area contributed by atoms with E-state index in [-0.39, 0.29) is 21.7 Å². The Kier molecular flexibility index (Phi) is 5.29. The van der Waals surface area contributed by atoms with E-state index in [9.17, 15) is 8.42 Å². The van der Waals surface area contributed by atoms with Crippen LogP contribution in [0.1, 0.15) is 5.56 Å². The van der Waals surface area contributed by atoms with E-state index in [1.165, 1.54) is 12.1 Å². The molecule has 0 unspecified atom stereocenters. The van der Waals surface area contributed by atoms with Gasteiger partial charge in [-0.05, 0) is 42.8 Å². The number of halogens is 1. The van der Waals surface area contributed by atoms with Crippen molar-refractivity contribution in [3.8, 4) is 11.5 Å². The zero-order chi connectivity index (χ0) is 18.7. The van der Waals surface area contributed by atoms with Gasteiger partial charge in [-0.15, -0.1) is 6.58 Å². The lowest BCUT2D eigenvalue weighted by Crippen LogP contribution is -2.07. The number of benzene rings is 2. The fourth-order valence-electron chi connectivity index (χ4n) is 2.42. The van der Waals surface area contributed by atoms with E-state index in [2.05, 4.69) is 32.8 Å². The van der Waals surface area contributed by atoms with E-state index < -0.39 is 9.84 Å². The van der Waals surface area contributed by atoms with Crippen LogP contribution in [-0.4, -0.2) is 19.9 Å². The summed E-state index contributed by atoms with van der Waals surface area (Å²) in [5.41, 5.74) is 1.68. The average Bonchev–Trinajstić information content (AvgIpc) is 3.05. The van der Waals surface area contributed by atoms with Crippen molar-refractivity contribution in [3.05, 3.63) is 71.2 Å². The normalized spacial score (nSPS) is 11.3. The lowest BCUT2D eigenvalue weighted by atomic mass is 10.1. The van der Waals surface area contributed by atoms with Crippen LogP contribution in [0.15, 0.2) is 80.0 Å². The van der Waals surface area contributed by atoms with Crippen LogP contribution < -0.4 is 5.32 Å².